The zero-order chi connectivity index (χ0) is 18.0. The van der Waals surface area contributed by atoms with Crippen LogP contribution in [0.5, 0.6) is 5.75 Å². The second-order valence-corrected chi connectivity index (χ2v) is 6.57. The van der Waals surface area contributed by atoms with Gasteiger partial charge in [0, 0.05) is 44.2 Å². The number of ether oxygens (including phenoxy) is 1. The Hall–Kier alpha value is -1.09. The van der Waals surface area contributed by atoms with Gasteiger partial charge in [-0.1, -0.05) is 19.9 Å². The Morgan fingerprint density at radius 3 is 2.32 bits per heavy atom. The fraction of sp³-hybridized carbons (Fsp3) is 0.625. The Kier molecular flexibility index (Phi) is 7.49. The molecular formula is C16H23ClF4N2O2. The summed E-state index contributed by atoms with van der Waals surface area (Å²) in [5.41, 5.74) is -0.0705. The molecule has 0 radical (unpaired) electrons. The minimum Gasteiger partial charge on any atom is -0.403 e. The zero-order valence-corrected chi connectivity index (χ0v) is 14.9. The lowest BCUT2D eigenvalue weighted by Gasteiger charge is -2.43. The van der Waals surface area contributed by atoms with E-state index in [1.807, 2.05) is 13.8 Å². The Bertz CT molecular complexity index is 564. The summed E-state index contributed by atoms with van der Waals surface area (Å²) in [5.74, 6) is -1.93. The van der Waals surface area contributed by atoms with E-state index in [4.69, 9.17) is 0 Å². The highest BCUT2D eigenvalue weighted by Crippen LogP contribution is 2.39. The van der Waals surface area contributed by atoms with Crippen LogP contribution >= 0.6 is 12.4 Å². The zero-order valence-electron chi connectivity index (χ0n) is 14.1. The van der Waals surface area contributed by atoms with Crippen LogP contribution in [0.15, 0.2) is 18.2 Å². The first-order valence-electron chi connectivity index (χ1n) is 7.75. The molecule has 0 spiro atoms. The van der Waals surface area contributed by atoms with E-state index in [1.165, 1.54) is 6.07 Å². The Labute approximate surface area is 150 Å². The second-order valence-electron chi connectivity index (χ2n) is 6.57. The number of hydrogen-bond acceptors (Lipinski definition) is 4. The van der Waals surface area contributed by atoms with Gasteiger partial charge in [-0.3, -0.25) is 4.90 Å². The Morgan fingerprint density at radius 1 is 1.24 bits per heavy atom. The van der Waals surface area contributed by atoms with E-state index in [1.54, 1.807) is 0 Å². The Morgan fingerprint density at radius 2 is 1.84 bits per heavy atom. The third-order valence-electron chi connectivity index (χ3n) is 4.16. The van der Waals surface area contributed by atoms with Gasteiger partial charge in [0.25, 0.3) is 0 Å². The molecule has 0 saturated carbocycles. The predicted molar refractivity (Wildman–Crippen MR) is 88.4 cm³/mol. The van der Waals surface area contributed by atoms with Crippen LogP contribution in [0.1, 0.15) is 25.5 Å². The molecule has 1 aromatic carbocycles. The summed E-state index contributed by atoms with van der Waals surface area (Å²) < 4.78 is 54.6. The quantitative estimate of drug-likeness (QED) is 0.763. The topological polar surface area (TPSA) is 44.7 Å². The lowest BCUT2D eigenvalue weighted by Crippen LogP contribution is -2.49. The molecule has 0 aliphatic carbocycles. The minimum absolute atomic E-state index is 0. The minimum atomic E-state index is -4.94. The second kappa shape index (κ2) is 8.53. The molecule has 1 aliphatic rings. The van der Waals surface area contributed by atoms with Crippen LogP contribution in [0, 0.1) is 11.2 Å². The molecule has 1 atom stereocenters. The van der Waals surface area contributed by atoms with E-state index in [2.05, 4.69) is 15.0 Å². The molecule has 1 heterocycles. The molecule has 0 unspecified atom stereocenters. The molecule has 1 aliphatic heterocycles. The molecule has 144 valence electrons. The van der Waals surface area contributed by atoms with Crippen LogP contribution in [0.2, 0.25) is 0 Å². The highest BCUT2D eigenvalue weighted by molar-refractivity contribution is 5.85. The monoisotopic (exact) mass is 386 g/mol. The number of alkyl halides is 3. The summed E-state index contributed by atoms with van der Waals surface area (Å²) in [6.45, 7) is 6.48. The van der Waals surface area contributed by atoms with Crippen molar-refractivity contribution in [1.82, 2.24) is 10.2 Å². The summed E-state index contributed by atoms with van der Waals surface area (Å²) in [4.78, 5) is 2.10. The van der Waals surface area contributed by atoms with Gasteiger partial charge in [0.2, 0.25) is 0 Å². The largest absolute Gasteiger partial charge is 0.573 e. The smallest absolute Gasteiger partial charge is 0.403 e. The van der Waals surface area contributed by atoms with E-state index < -0.39 is 23.3 Å². The third kappa shape index (κ3) is 5.70. The van der Waals surface area contributed by atoms with Gasteiger partial charge in [-0.15, -0.1) is 25.6 Å². The van der Waals surface area contributed by atoms with Gasteiger partial charge in [0.1, 0.15) is 0 Å². The van der Waals surface area contributed by atoms with Crippen molar-refractivity contribution in [3.63, 3.8) is 0 Å². The first kappa shape index (κ1) is 22.0. The summed E-state index contributed by atoms with van der Waals surface area (Å²) >= 11 is 0. The van der Waals surface area contributed by atoms with Gasteiger partial charge < -0.3 is 15.2 Å². The van der Waals surface area contributed by atoms with Crippen molar-refractivity contribution in [3.8, 4) is 5.75 Å². The highest BCUT2D eigenvalue weighted by atomic mass is 35.5. The normalized spacial score (nSPS) is 17.7. The molecule has 1 saturated heterocycles. The van der Waals surface area contributed by atoms with Gasteiger partial charge >= 0.3 is 6.36 Å². The van der Waals surface area contributed by atoms with Crippen molar-refractivity contribution in [2.75, 3.05) is 32.8 Å². The number of aliphatic hydroxyl groups excluding tert-OH is 1. The van der Waals surface area contributed by atoms with Crippen LogP contribution in [0.3, 0.4) is 0 Å². The van der Waals surface area contributed by atoms with E-state index in [0.29, 0.717) is 18.7 Å². The molecule has 2 N–H and O–H groups in total. The molecular weight excluding hydrogens is 364 g/mol. The predicted octanol–water partition coefficient (Wildman–Crippen LogP) is 3.11. The van der Waals surface area contributed by atoms with Crippen molar-refractivity contribution >= 4 is 12.4 Å². The van der Waals surface area contributed by atoms with Crippen molar-refractivity contribution in [2.45, 2.75) is 26.3 Å². The van der Waals surface area contributed by atoms with Crippen LogP contribution in [0.4, 0.5) is 17.6 Å². The van der Waals surface area contributed by atoms with Gasteiger partial charge in [-0.25, -0.2) is 4.39 Å². The van der Waals surface area contributed by atoms with E-state index >= 15 is 0 Å². The average molecular weight is 387 g/mol. The van der Waals surface area contributed by atoms with Crippen molar-refractivity contribution in [1.29, 1.82) is 0 Å². The average Bonchev–Trinajstić information content (AvgIpc) is 2.50. The van der Waals surface area contributed by atoms with Gasteiger partial charge in [0.05, 0.1) is 0 Å². The number of hydrogen-bond donors (Lipinski definition) is 2. The van der Waals surface area contributed by atoms with E-state index in [0.717, 1.165) is 25.2 Å². The number of halogens is 5. The molecule has 1 aromatic rings. The lowest BCUT2D eigenvalue weighted by molar-refractivity contribution is -0.275. The molecule has 9 heteroatoms. The Balaban J connectivity index is 0.00000312. The summed E-state index contributed by atoms with van der Waals surface area (Å²) in [7, 11) is 0. The maximum atomic E-state index is 14.1. The number of rotatable bonds is 5. The van der Waals surface area contributed by atoms with Crippen LogP contribution in [-0.2, 0) is 0 Å². The SMILES string of the molecule is CC(C)(CO)[C@H](c1ccc(OC(F)(F)F)c(F)c1)N1CCNCC1.Cl. The molecule has 2 rings (SSSR count). The maximum absolute atomic E-state index is 14.1. The fourth-order valence-electron chi connectivity index (χ4n) is 3.08. The number of aliphatic hydroxyl groups is 1. The van der Waals surface area contributed by atoms with Crippen LogP contribution < -0.4 is 10.1 Å². The van der Waals surface area contributed by atoms with Crippen molar-refractivity contribution in [3.05, 3.63) is 29.6 Å². The summed E-state index contributed by atoms with van der Waals surface area (Å²) in [5, 5.41) is 12.9. The standard InChI is InChI=1S/C16H22F4N2O2.ClH/c1-15(2,10-23)14(22-7-5-21-6-8-22)11-3-4-13(12(17)9-11)24-16(18,19)20;/h3-4,9,14,21,23H,5-8,10H2,1-2H3;1H/t14-;/m0./s1. The number of nitrogens with zero attached hydrogens (tertiary/aromatic N) is 1. The third-order valence-corrected chi connectivity index (χ3v) is 4.16. The molecule has 0 bridgehead atoms. The van der Waals surface area contributed by atoms with Crippen molar-refractivity contribution in [2.24, 2.45) is 5.41 Å². The van der Waals surface area contributed by atoms with Crippen LogP contribution in [0.25, 0.3) is 0 Å². The van der Waals surface area contributed by atoms with Crippen LogP contribution in [-0.4, -0.2) is 49.2 Å². The lowest BCUT2D eigenvalue weighted by atomic mass is 9.79. The summed E-state index contributed by atoms with van der Waals surface area (Å²) in [6, 6.07) is 3.15. The van der Waals surface area contributed by atoms with Gasteiger partial charge in [-0.2, -0.15) is 0 Å². The number of nitrogens with one attached hydrogen (secondary N) is 1. The first-order valence-corrected chi connectivity index (χ1v) is 7.75. The van der Waals surface area contributed by atoms with Gasteiger partial charge in [0.15, 0.2) is 11.6 Å². The van der Waals surface area contributed by atoms with E-state index in [9.17, 15) is 22.7 Å². The molecule has 0 amide bonds. The number of benzene rings is 1. The first-order chi connectivity index (χ1) is 11.1. The fourth-order valence-corrected chi connectivity index (χ4v) is 3.08. The number of piperazine rings is 1. The summed E-state index contributed by atoms with van der Waals surface area (Å²) in [6.07, 6.45) is -4.94. The highest BCUT2D eigenvalue weighted by Gasteiger charge is 2.37. The molecule has 4 nitrogen and oxygen atoms in total. The van der Waals surface area contributed by atoms with Crippen molar-refractivity contribution < 1.29 is 27.4 Å². The van der Waals surface area contributed by atoms with Gasteiger partial charge in [-0.05, 0) is 17.7 Å². The maximum Gasteiger partial charge on any atom is 0.573 e. The molecule has 0 aromatic heterocycles. The molecule has 25 heavy (non-hydrogen) atoms. The van der Waals surface area contributed by atoms with E-state index in [-0.39, 0.29) is 25.1 Å². The molecule has 1 fully saturated rings.